The van der Waals surface area contributed by atoms with Crippen molar-refractivity contribution in [2.45, 2.75) is 44.7 Å². The van der Waals surface area contributed by atoms with Crippen molar-refractivity contribution in [1.82, 2.24) is 4.90 Å². The third kappa shape index (κ3) is 2.69. The number of benzene rings is 1. The van der Waals surface area contributed by atoms with Gasteiger partial charge in [-0.3, -0.25) is 4.90 Å². The highest BCUT2D eigenvalue weighted by molar-refractivity contribution is 5.58. The minimum Gasteiger partial charge on any atom is -0.369 e. The van der Waals surface area contributed by atoms with Crippen LogP contribution in [0.2, 0.25) is 0 Å². The number of isocyanates is 1. The molecule has 1 heterocycles. The first-order valence-corrected chi connectivity index (χ1v) is 8.34. The summed E-state index contributed by atoms with van der Waals surface area (Å²) in [7, 11) is 0. The molecule has 0 spiro atoms. The molecule has 1 aromatic carbocycles. The van der Waals surface area contributed by atoms with Crippen molar-refractivity contribution in [2.24, 2.45) is 4.99 Å². The topological polar surface area (TPSA) is 35.9 Å². The molecule has 2 fully saturated rings. The van der Waals surface area contributed by atoms with Crippen molar-refractivity contribution < 1.29 is 4.79 Å². The Morgan fingerprint density at radius 2 is 1.82 bits per heavy atom. The third-order valence-corrected chi connectivity index (χ3v) is 5.23. The molecule has 118 valence electrons. The van der Waals surface area contributed by atoms with E-state index in [-0.39, 0.29) is 5.54 Å². The second-order valence-corrected chi connectivity index (χ2v) is 6.72. The molecule has 0 aromatic heterocycles. The summed E-state index contributed by atoms with van der Waals surface area (Å²) in [5, 5.41) is 0. The van der Waals surface area contributed by atoms with Crippen molar-refractivity contribution in [3.63, 3.8) is 0 Å². The summed E-state index contributed by atoms with van der Waals surface area (Å²) in [4.78, 5) is 20.0. The lowest BCUT2D eigenvalue weighted by Gasteiger charge is -2.43. The summed E-state index contributed by atoms with van der Waals surface area (Å²) < 4.78 is 0. The van der Waals surface area contributed by atoms with Gasteiger partial charge < -0.3 is 4.90 Å². The van der Waals surface area contributed by atoms with Crippen LogP contribution in [0.3, 0.4) is 0 Å². The molecule has 22 heavy (non-hydrogen) atoms. The first-order valence-electron chi connectivity index (χ1n) is 8.34. The first-order chi connectivity index (χ1) is 10.7. The molecule has 1 aliphatic carbocycles. The molecule has 1 aromatic rings. The van der Waals surface area contributed by atoms with Gasteiger partial charge in [0.05, 0.1) is 0 Å². The number of nitrogens with zero attached hydrogens (tertiary/aromatic N) is 3. The van der Waals surface area contributed by atoms with E-state index in [4.69, 9.17) is 0 Å². The van der Waals surface area contributed by atoms with Crippen LogP contribution in [-0.4, -0.2) is 43.2 Å². The Bertz CT molecular complexity index is 565. The van der Waals surface area contributed by atoms with E-state index in [2.05, 4.69) is 52.9 Å². The zero-order valence-corrected chi connectivity index (χ0v) is 13.6. The van der Waals surface area contributed by atoms with Crippen molar-refractivity contribution in [3.05, 3.63) is 29.8 Å². The molecule has 0 N–H and O–H groups in total. The molecule has 0 bridgehead atoms. The number of piperazine rings is 1. The molecule has 1 aliphatic heterocycles. The fourth-order valence-electron chi connectivity index (χ4n) is 3.66. The molecule has 0 amide bonds. The monoisotopic (exact) mass is 299 g/mol. The Balaban J connectivity index is 1.85. The maximum atomic E-state index is 10.9. The standard InChI is InChI=1S/C18H25N3O/c1-15(2)20-10-12-21(13-11-20)17-7-4-3-6-16(17)18(19-14-22)8-5-9-18/h3-4,6-7,15H,5,8-13H2,1-2H3. The van der Waals surface area contributed by atoms with Crippen LogP contribution in [0.15, 0.2) is 29.3 Å². The fraction of sp³-hybridized carbons (Fsp3) is 0.611. The average molecular weight is 299 g/mol. The SMILES string of the molecule is CC(C)N1CCN(c2ccccc2C2(N=C=O)CCC2)CC1. The molecule has 4 heteroatoms. The van der Waals surface area contributed by atoms with Crippen LogP contribution in [0.25, 0.3) is 0 Å². The van der Waals surface area contributed by atoms with Gasteiger partial charge in [-0.15, -0.1) is 0 Å². The van der Waals surface area contributed by atoms with Gasteiger partial charge in [0.1, 0.15) is 5.54 Å². The van der Waals surface area contributed by atoms with E-state index in [1.165, 1.54) is 11.3 Å². The van der Waals surface area contributed by atoms with E-state index in [1.807, 2.05) is 6.08 Å². The second-order valence-electron chi connectivity index (χ2n) is 6.72. The number of rotatable bonds is 4. The quantitative estimate of drug-likeness (QED) is 0.633. The number of anilines is 1. The van der Waals surface area contributed by atoms with Gasteiger partial charge >= 0.3 is 0 Å². The van der Waals surface area contributed by atoms with Crippen LogP contribution in [0.4, 0.5) is 5.69 Å². The minimum atomic E-state index is -0.312. The van der Waals surface area contributed by atoms with Crippen LogP contribution in [0.5, 0.6) is 0 Å². The van der Waals surface area contributed by atoms with Gasteiger partial charge in [0.25, 0.3) is 0 Å². The molecular formula is C18H25N3O. The highest BCUT2D eigenvalue weighted by atomic mass is 16.1. The van der Waals surface area contributed by atoms with Crippen LogP contribution in [0.1, 0.15) is 38.7 Å². The van der Waals surface area contributed by atoms with Crippen molar-refractivity contribution in [3.8, 4) is 0 Å². The lowest BCUT2D eigenvalue weighted by atomic mass is 9.71. The highest BCUT2D eigenvalue weighted by Gasteiger charge is 2.41. The maximum Gasteiger partial charge on any atom is 0.235 e. The Kier molecular flexibility index (Phi) is 4.32. The smallest absolute Gasteiger partial charge is 0.235 e. The first kappa shape index (κ1) is 15.3. The summed E-state index contributed by atoms with van der Waals surface area (Å²) in [6.07, 6.45) is 4.88. The van der Waals surface area contributed by atoms with E-state index in [0.29, 0.717) is 6.04 Å². The molecule has 3 rings (SSSR count). The summed E-state index contributed by atoms with van der Waals surface area (Å²) in [6.45, 7) is 8.77. The van der Waals surface area contributed by atoms with Crippen molar-refractivity contribution in [1.29, 1.82) is 0 Å². The fourth-order valence-corrected chi connectivity index (χ4v) is 3.66. The predicted octanol–water partition coefficient (Wildman–Crippen LogP) is 2.93. The molecule has 0 unspecified atom stereocenters. The highest BCUT2D eigenvalue weighted by Crippen LogP contribution is 2.48. The Morgan fingerprint density at radius 1 is 1.14 bits per heavy atom. The second kappa shape index (κ2) is 6.23. The van der Waals surface area contributed by atoms with Gasteiger partial charge in [-0.2, -0.15) is 4.99 Å². The molecule has 4 nitrogen and oxygen atoms in total. The van der Waals surface area contributed by atoms with E-state index < -0.39 is 0 Å². The molecule has 1 saturated heterocycles. The van der Waals surface area contributed by atoms with Crippen LogP contribution < -0.4 is 4.90 Å². The largest absolute Gasteiger partial charge is 0.369 e. The van der Waals surface area contributed by atoms with E-state index in [0.717, 1.165) is 45.4 Å². The van der Waals surface area contributed by atoms with Gasteiger partial charge in [-0.25, -0.2) is 4.79 Å². The summed E-state index contributed by atoms with van der Waals surface area (Å²) >= 11 is 0. The lowest BCUT2D eigenvalue weighted by molar-refractivity contribution is 0.208. The Labute approximate surface area is 132 Å². The van der Waals surface area contributed by atoms with E-state index in [9.17, 15) is 4.79 Å². The third-order valence-electron chi connectivity index (χ3n) is 5.23. The maximum absolute atomic E-state index is 10.9. The average Bonchev–Trinajstić information content (AvgIpc) is 2.51. The normalized spacial score (nSPS) is 21.3. The number of carbonyl (C=O) groups excluding carboxylic acids is 1. The minimum absolute atomic E-state index is 0.312. The number of aliphatic imine (C=N–C) groups is 1. The van der Waals surface area contributed by atoms with E-state index in [1.54, 1.807) is 0 Å². The van der Waals surface area contributed by atoms with Crippen LogP contribution in [-0.2, 0) is 10.3 Å². The molecule has 0 atom stereocenters. The number of hydrogen-bond donors (Lipinski definition) is 0. The van der Waals surface area contributed by atoms with Gasteiger partial charge in [-0.1, -0.05) is 18.2 Å². The van der Waals surface area contributed by atoms with Crippen molar-refractivity contribution in [2.75, 3.05) is 31.1 Å². The molecule has 0 radical (unpaired) electrons. The van der Waals surface area contributed by atoms with Crippen LogP contribution >= 0.6 is 0 Å². The van der Waals surface area contributed by atoms with Gasteiger partial charge in [0, 0.05) is 43.5 Å². The van der Waals surface area contributed by atoms with Crippen molar-refractivity contribution >= 4 is 11.8 Å². The van der Waals surface area contributed by atoms with E-state index >= 15 is 0 Å². The molecular weight excluding hydrogens is 274 g/mol. The number of hydrogen-bond acceptors (Lipinski definition) is 4. The molecule has 2 aliphatic rings. The van der Waals surface area contributed by atoms with Gasteiger partial charge in [0.15, 0.2) is 0 Å². The Hall–Kier alpha value is -1.64. The summed E-state index contributed by atoms with van der Waals surface area (Å²) in [6, 6.07) is 9.08. The summed E-state index contributed by atoms with van der Waals surface area (Å²) in [5.74, 6) is 0. The van der Waals surface area contributed by atoms with Gasteiger partial charge in [0.2, 0.25) is 6.08 Å². The van der Waals surface area contributed by atoms with Crippen LogP contribution in [0, 0.1) is 0 Å². The summed E-state index contributed by atoms with van der Waals surface area (Å²) in [5.41, 5.74) is 2.15. The predicted molar refractivity (Wildman–Crippen MR) is 89.0 cm³/mol. The van der Waals surface area contributed by atoms with Gasteiger partial charge in [-0.05, 0) is 39.2 Å². The zero-order chi connectivity index (χ0) is 15.6. The molecule has 1 saturated carbocycles. The zero-order valence-electron chi connectivity index (χ0n) is 13.6. The Morgan fingerprint density at radius 3 is 2.36 bits per heavy atom. The number of para-hydroxylation sites is 1. The lowest BCUT2D eigenvalue weighted by Crippen LogP contribution is -2.49.